The summed E-state index contributed by atoms with van der Waals surface area (Å²) in [5.74, 6) is -0.566. The summed E-state index contributed by atoms with van der Waals surface area (Å²) < 4.78 is 18.8. The van der Waals surface area contributed by atoms with E-state index in [1.54, 1.807) is 0 Å². The molecular weight excluding hydrogens is 527 g/mol. The fourth-order valence-electron chi connectivity index (χ4n) is 5.89. The molecule has 3 aliphatic rings. The molecule has 2 bridgehead atoms. The van der Waals surface area contributed by atoms with E-state index in [1.165, 1.54) is 18.6 Å². The Kier molecular flexibility index (Phi) is 8.98. The molecule has 3 N–H and O–H groups in total. The quantitative estimate of drug-likeness (QED) is 0.341. The summed E-state index contributed by atoms with van der Waals surface area (Å²) in [5, 5.41) is 9.76. The number of hydrogen-bond acceptors (Lipinski definition) is 9. The summed E-state index contributed by atoms with van der Waals surface area (Å²) in [5.41, 5.74) is 1.11. The zero-order valence-corrected chi connectivity index (χ0v) is 24.6. The minimum Gasteiger partial charge on any atom is -0.367 e. The molecule has 2 amide bonds. The molecule has 214 valence electrons. The van der Waals surface area contributed by atoms with Crippen LogP contribution in [0, 0.1) is 5.92 Å². The molecule has 11 nitrogen and oxygen atoms in total. The maximum absolute atomic E-state index is 13.9. The Hall–Kier alpha value is -2.68. The number of carbonyl (C=O) groups is 2. The van der Waals surface area contributed by atoms with Crippen LogP contribution in [0.3, 0.4) is 0 Å². The van der Waals surface area contributed by atoms with Crippen molar-refractivity contribution in [2.75, 3.05) is 19.3 Å². The van der Waals surface area contributed by atoms with Crippen molar-refractivity contribution in [1.29, 1.82) is 0 Å². The van der Waals surface area contributed by atoms with Crippen molar-refractivity contribution in [2.24, 2.45) is 5.92 Å². The number of amides is 2. The molecule has 0 radical (unpaired) electrons. The second kappa shape index (κ2) is 12.5. The van der Waals surface area contributed by atoms with E-state index in [0.29, 0.717) is 18.5 Å². The normalized spacial score (nSPS) is 27.6. The van der Waals surface area contributed by atoms with Gasteiger partial charge in [-0.1, -0.05) is 44.2 Å². The molecule has 1 aromatic carbocycles. The van der Waals surface area contributed by atoms with Crippen molar-refractivity contribution in [3.8, 4) is 0 Å². The van der Waals surface area contributed by atoms with E-state index in [0.717, 1.165) is 25.1 Å². The van der Waals surface area contributed by atoms with Gasteiger partial charge < -0.3 is 34.0 Å². The fourth-order valence-corrected chi connectivity index (χ4v) is 9.33. The molecule has 5 rings (SSSR count). The average Bonchev–Trinajstić information content (AvgIpc) is 3.61. The van der Waals surface area contributed by atoms with Crippen molar-refractivity contribution in [1.82, 2.24) is 30.6 Å². The molecule has 0 spiro atoms. The first-order chi connectivity index (χ1) is 19.2. The Labute approximate surface area is 237 Å². The van der Waals surface area contributed by atoms with E-state index in [4.69, 9.17) is 13.3 Å². The molecule has 13 heteroatoms. The van der Waals surface area contributed by atoms with Crippen LogP contribution in [0.15, 0.2) is 48.9 Å². The van der Waals surface area contributed by atoms with Crippen molar-refractivity contribution < 1.29 is 22.9 Å². The lowest BCUT2D eigenvalue weighted by Gasteiger charge is -2.34. The van der Waals surface area contributed by atoms with Gasteiger partial charge in [-0.3, -0.25) is 14.6 Å². The Morgan fingerprint density at radius 3 is 2.52 bits per heavy atom. The highest BCUT2D eigenvalue weighted by Crippen LogP contribution is 2.38. The van der Waals surface area contributed by atoms with Gasteiger partial charge in [-0.05, 0) is 38.3 Å². The number of fused-ring (bicyclic) bond motifs is 2. The van der Waals surface area contributed by atoms with Crippen molar-refractivity contribution in [3.63, 3.8) is 0 Å². The van der Waals surface area contributed by atoms with Gasteiger partial charge >= 0.3 is 15.8 Å². The van der Waals surface area contributed by atoms with Gasteiger partial charge in [0.05, 0.1) is 30.7 Å². The van der Waals surface area contributed by atoms with Crippen molar-refractivity contribution >= 4 is 27.6 Å². The monoisotopic (exact) mass is 566 g/mol. The summed E-state index contributed by atoms with van der Waals surface area (Å²) in [4.78, 5) is 37.2. The molecule has 2 unspecified atom stereocenters. The first-order valence-corrected chi connectivity index (χ1v) is 16.1. The summed E-state index contributed by atoms with van der Waals surface area (Å²) >= 11 is 0. The van der Waals surface area contributed by atoms with Crippen LogP contribution in [0.4, 0.5) is 0 Å². The average molecular weight is 567 g/mol. The van der Waals surface area contributed by atoms with Crippen LogP contribution in [0.25, 0.3) is 0 Å². The summed E-state index contributed by atoms with van der Waals surface area (Å²) in [7, 11) is -2.82. The molecule has 2 aromatic rings. The molecule has 3 saturated heterocycles. The van der Waals surface area contributed by atoms with Crippen LogP contribution >= 0.6 is 0 Å². The van der Waals surface area contributed by atoms with Gasteiger partial charge in [0.2, 0.25) is 5.91 Å². The topological polar surface area (TPSA) is 127 Å². The lowest BCUT2D eigenvalue weighted by molar-refractivity contribution is -0.123. The standard InChI is InChI=1S/C27H39BN6O5Si/c1-18(2)14-24(28-31-12-13-34(28)17-40-37-19(3)25(39-40)20(4)38-40)33-26(35)22(15-21-8-6-5-7-9-21)32-27(36)23-16-29-10-11-30-23/h5-11,16,18-20,22,24-25,31H,12-15,17H2,1-4H3,(H,32,36)(H,33,35)/t19?,20?,22-,24-,25?,40?/m0/s1. The van der Waals surface area contributed by atoms with Gasteiger partial charge in [-0.25, -0.2) is 4.98 Å². The number of nitrogens with zero attached hydrogens (tertiary/aromatic N) is 3. The van der Waals surface area contributed by atoms with E-state index in [2.05, 4.69) is 44.5 Å². The van der Waals surface area contributed by atoms with Gasteiger partial charge in [0, 0.05) is 31.3 Å². The van der Waals surface area contributed by atoms with Crippen LogP contribution in [0.5, 0.6) is 0 Å². The molecule has 40 heavy (non-hydrogen) atoms. The second-order valence-electron chi connectivity index (χ2n) is 11.3. The largest absolute Gasteiger partial charge is 0.515 e. The fraction of sp³-hybridized carbons (Fsp3) is 0.556. The van der Waals surface area contributed by atoms with E-state index in [1.807, 2.05) is 44.2 Å². The highest BCUT2D eigenvalue weighted by Gasteiger charge is 2.63. The number of rotatable bonds is 11. The number of benzene rings is 1. The van der Waals surface area contributed by atoms with Crippen LogP contribution in [0.2, 0.25) is 0 Å². The highest BCUT2D eigenvalue weighted by molar-refractivity contribution is 6.65. The summed E-state index contributed by atoms with van der Waals surface area (Å²) in [6, 6.07) is 8.87. The van der Waals surface area contributed by atoms with Gasteiger partial charge in [-0.15, -0.1) is 0 Å². The van der Waals surface area contributed by atoms with E-state index in [9.17, 15) is 9.59 Å². The summed E-state index contributed by atoms with van der Waals surface area (Å²) in [6.45, 7) is 9.82. The van der Waals surface area contributed by atoms with Gasteiger partial charge in [0.1, 0.15) is 11.7 Å². The molecule has 4 atom stereocenters. The molecule has 4 heterocycles. The molecule has 3 fully saturated rings. The molecule has 3 aliphatic heterocycles. The molecule has 0 saturated carbocycles. The predicted octanol–water partition coefficient (Wildman–Crippen LogP) is 0.982. The Morgan fingerprint density at radius 2 is 1.88 bits per heavy atom. The maximum atomic E-state index is 13.9. The number of carbonyl (C=O) groups excluding carboxylic acids is 2. The third-order valence-corrected chi connectivity index (χ3v) is 10.5. The molecule has 1 aromatic heterocycles. The van der Waals surface area contributed by atoms with Crippen molar-refractivity contribution in [2.45, 2.75) is 70.8 Å². The Bertz CT molecular complexity index is 1150. The summed E-state index contributed by atoms with van der Waals surface area (Å²) in [6.07, 6.45) is 6.03. The third-order valence-electron chi connectivity index (χ3n) is 7.65. The van der Waals surface area contributed by atoms with Gasteiger partial charge in [0.15, 0.2) is 0 Å². The Morgan fingerprint density at radius 1 is 1.12 bits per heavy atom. The lowest BCUT2D eigenvalue weighted by Crippen LogP contribution is -2.64. The minimum atomic E-state index is -2.82. The number of aromatic nitrogens is 2. The van der Waals surface area contributed by atoms with E-state index < -0.39 is 20.8 Å². The first-order valence-electron chi connectivity index (χ1n) is 14.1. The Balaban J connectivity index is 1.32. The highest BCUT2D eigenvalue weighted by atomic mass is 28.4. The zero-order chi connectivity index (χ0) is 28.3. The van der Waals surface area contributed by atoms with Crippen LogP contribution in [-0.2, 0) is 24.5 Å². The number of hydrogen-bond donors (Lipinski definition) is 3. The SMILES string of the molecule is CC(C)C[C@H](NC(=O)[C@H](Cc1ccccc1)NC(=O)c1cnccn1)B1NCCN1C[Si]12OC(C)C(O1)C(C)O2. The second-order valence-corrected chi connectivity index (χ2v) is 13.7. The zero-order valence-electron chi connectivity index (χ0n) is 23.6. The van der Waals surface area contributed by atoms with Gasteiger partial charge in [-0.2, -0.15) is 0 Å². The molecular formula is C27H39BN6O5Si. The minimum absolute atomic E-state index is 0.0206. The van der Waals surface area contributed by atoms with Gasteiger partial charge in [0.25, 0.3) is 5.91 Å². The van der Waals surface area contributed by atoms with Crippen LogP contribution in [-0.4, -0.2) is 91.9 Å². The maximum Gasteiger partial charge on any atom is 0.515 e. The third kappa shape index (κ3) is 6.61. The number of nitrogens with one attached hydrogen (secondary N) is 3. The van der Waals surface area contributed by atoms with E-state index in [-0.39, 0.29) is 42.8 Å². The molecule has 0 aliphatic carbocycles. The van der Waals surface area contributed by atoms with Crippen LogP contribution in [0.1, 0.15) is 50.2 Å². The first kappa shape index (κ1) is 28.8. The van der Waals surface area contributed by atoms with Crippen LogP contribution < -0.4 is 15.9 Å². The van der Waals surface area contributed by atoms with Crippen molar-refractivity contribution in [3.05, 3.63) is 60.2 Å². The van der Waals surface area contributed by atoms with E-state index >= 15 is 0 Å². The predicted molar refractivity (Wildman–Crippen MR) is 152 cm³/mol. The smallest absolute Gasteiger partial charge is 0.367 e. The lowest BCUT2D eigenvalue weighted by atomic mass is 9.64.